The number of hydrogen-bond donors (Lipinski definition) is 1. The van der Waals surface area contributed by atoms with Crippen molar-refractivity contribution in [2.24, 2.45) is 0 Å². The molecule has 0 aromatic rings. The van der Waals surface area contributed by atoms with Crippen molar-refractivity contribution in [1.29, 1.82) is 0 Å². The van der Waals surface area contributed by atoms with Gasteiger partial charge in [-0.3, -0.25) is 10.1 Å². The molecule has 1 N–H and O–H groups in total. The maximum absolute atomic E-state index is 12.2. The van der Waals surface area contributed by atoms with Gasteiger partial charge in [-0.1, -0.05) is 13.3 Å². The van der Waals surface area contributed by atoms with Gasteiger partial charge < -0.3 is 9.80 Å². The molecule has 0 aromatic heterocycles. The van der Waals surface area contributed by atoms with Crippen molar-refractivity contribution in [3.63, 3.8) is 0 Å². The molecular weight excluding hydrogens is 214 g/mol. The quantitative estimate of drug-likeness (QED) is 0.799. The fourth-order valence-electron chi connectivity index (χ4n) is 3.02. The van der Waals surface area contributed by atoms with Crippen LogP contribution in [-0.2, 0) is 4.79 Å². The first kappa shape index (κ1) is 12.8. The molecule has 0 radical (unpaired) electrons. The number of carbonyl (C=O) groups excluding carboxylic acids is 1. The van der Waals surface area contributed by atoms with Crippen LogP contribution in [0.4, 0.5) is 0 Å². The highest BCUT2D eigenvalue weighted by Gasteiger charge is 2.40. The Balaban J connectivity index is 2.03. The summed E-state index contributed by atoms with van der Waals surface area (Å²) in [6.45, 7) is 6.39. The Morgan fingerprint density at radius 2 is 2.00 bits per heavy atom. The molecule has 2 aliphatic heterocycles. The molecule has 4 nitrogen and oxygen atoms in total. The fourth-order valence-corrected chi connectivity index (χ4v) is 3.02. The van der Waals surface area contributed by atoms with Gasteiger partial charge in [0.15, 0.2) is 0 Å². The summed E-state index contributed by atoms with van der Waals surface area (Å²) in [5.41, 5.74) is 0. The molecule has 4 heteroatoms. The Bertz CT molecular complexity index is 274. The van der Waals surface area contributed by atoms with Gasteiger partial charge in [-0.15, -0.1) is 0 Å². The summed E-state index contributed by atoms with van der Waals surface area (Å²) in [6, 6.07) is 0.457. The average molecular weight is 239 g/mol. The van der Waals surface area contributed by atoms with E-state index in [4.69, 9.17) is 0 Å². The van der Waals surface area contributed by atoms with Crippen molar-refractivity contribution < 1.29 is 4.79 Å². The summed E-state index contributed by atoms with van der Waals surface area (Å²) < 4.78 is 0. The third-order valence-corrected chi connectivity index (χ3v) is 4.05. The van der Waals surface area contributed by atoms with Crippen molar-refractivity contribution in [2.45, 2.75) is 57.8 Å². The molecule has 0 bridgehead atoms. The van der Waals surface area contributed by atoms with Crippen LogP contribution in [0.15, 0.2) is 0 Å². The first-order chi connectivity index (χ1) is 8.13. The van der Waals surface area contributed by atoms with Crippen molar-refractivity contribution in [2.75, 3.05) is 20.1 Å². The molecule has 2 aliphatic rings. The van der Waals surface area contributed by atoms with E-state index in [0.717, 1.165) is 38.8 Å². The summed E-state index contributed by atoms with van der Waals surface area (Å²) in [4.78, 5) is 16.7. The van der Waals surface area contributed by atoms with E-state index in [1.165, 1.54) is 0 Å². The third kappa shape index (κ3) is 2.63. The summed E-state index contributed by atoms with van der Waals surface area (Å²) in [6.07, 6.45) is 4.72. The molecule has 2 rings (SSSR count). The minimum atomic E-state index is 0.00575. The van der Waals surface area contributed by atoms with E-state index >= 15 is 0 Å². The minimum Gasteiger partial charge on any atom is -0.323 e. The lowest BCUT2D eigenvalue weighted by atomic mass is 10.0. The normalized spacial score (nSPS) is 32.4. The van der Waals surface area contributed by atoms with Gasteiger partial charge in [-0.2, -0.15) is 0 Å². The Hall–Kier alpha value is -0.610. The number of nitrogens with one attached hydrogen (secondary N) is 1. The van der Waals surface area contributed by atoms with Gasteiger partial charge in [0.2, 0.25) is 5.91 Å². The second-order valence-corrected chi connectivity index (χ2v) is 5.47. The minimum absolute atomic E-state index is 0.00575. The standard InChI is InChI=1S/C13H25N3O/c1-4-5-12-14-10(2)13(17)16(12)11-6-8-15(3)9-7-11/h10-12,14H,4-9H2,1-3H3. The molecule has 1 amide bonds. The number of rotatable bonds is 3. The predicted molar refractivity (Wildman–Crippen MR) is 68.7 cm³/mol. The van der Waals surface area contributed by atoms with Crippen LogP contribution >= 0.6 is 0 Å². The van der Waals surface area contributed by atoms with E-state index in [1.807, 2.05) is 6.92 Å². The van der Waals surface area contributed by atoms with Crippen LogP contribution in [0.3, 0.4) is 0 Å². The number of hydrogen-bond acceptors (Lipinski definition) is 3. The second kappa shape index (κ2) is 5.36. The maximum atomic E-state index is 12.2. The molecule has 17 heavy (non-hydrogen) atoms. The zero-order valence-electron chi connectivity index (χ0n) is 11.3. The topological polar surface area (TPSA) is 35.6 Å². The third-order valence-electron chi connectivity index (χ3n) is 4.05. The van der Waals surface area contributed by atoms with E-state index < -0.39 is 0 Å². The van der Waals surface area contributed by atoms with Crippen LogP contribution < -0.4 is 5.32 Å². The highest BCUT2D eigenvalue weighted by Crippen LogP contribution is 2.24. The zero-order chi connectivity index (χ0) is 12.4. The van der Waals surface area contributed by atoms with Gasteiger partial charge >= 0.3 is 0 Å². The zero-order valence-corrected chi connectivity index (χ0v) is 11.3. The van der Waals surface area contributed by atoms with Gasteiger partial charge in [-0.05, 0) is 46.3 Å². The molecule has 0 spiro atoms. The molecular formula is C13H25N3O. The van der Waals surface area contributed by atoms with E-state index in [2.05, 4.69) is 29.1 Å². The molecule has 98 valence electrons. The van der Waals surface area contributed by atoms with E-state index in [9.17, 15) is 4.79 Å². The molecule has 0 saturated carbocycles. The van der Waals surface area contributed by atoms with Crippen LogP contribution in [0.2, 0.25) is 0 Å². The van der Waals surface area contributed by atoms with Crippen LogP contribution in [0.5, 0.6) is 0 Å². The molecule has 2 saturated heterocycles. The predicted octanol–water partition coefficient (Wildman–Crippen LogP) is 1.03. The summed E-state index contributed by atoms with van der Waals surface area (Å²) in [7, 11) is 2.16. The largest absolute Gasteiger partial charge is 0.323 e. The highest BCUT2D eigenvalue weighted by molar-refractivity contribution is 5.84. The van der Waals surface area contributed by atoms with Gasteiger partial charge in [0.25, 0.3) is 0 Å². The lowest BCUT2D eigenvalue weighted by Crippen LogP contribution is -2.49. The summed E-state index contributed by atoms with van der Waals surface area (Å²) in [5.74, 6) is 0.304. The van der Waals surface area contributed by atoms with E-state index in [0.29, 0.717) is 11.9 Å². The lowest BCUT2D eigenvalue weighted by molar-refractivity contribution is -0.133. The smallest absolute Gasteiger partial charge is 0.240 e. The lowest BCUT2D eigenvalue weighted by Gasteiger charge is -2.38. The van der Waals surface area contributed by atoms with Crippen molar-refractivity contribution in [1.82, 2.24) is 15.1 Å². The first-order valence-electron chi connectivity index (χ1n) is 6.90. The van der Waals surface area contributed by atoms with Crippen molar-refractivity contribution >= 4 is 5.91 Å². The second-order valence-electron chi connectivity index (χ2n) is 5.47. The molecule has 2 atom stereocenters. The fraction of sp³-hybridized carbons (Fsp3) is 0.923. The Kier molecular flexibility index (Phi) is 4.05. The maximum Gasteiger partial charge on any atom is 0.240 e. The van der Waals surface area contributed by atoms with Gasteiger partial charge in [-0.25, -0.2) is 0 Å². The summed E-state index contributed by atoms with van der Waals surface area (Å²) >= 11 is 0. The summed E-state index contributed by atoms with van der Waals surface area (Å²) in [5, 5.41) is 3.43. The number of piperidine rings is 1. The van der Waals surface area contributed by atoms with E-state index in [-0.39, 0.29) is 12.2 Å². The van der Waals surface area contributed by atoms with Crippen LogP contribution in [0, 0.1) is 0 Å². The molecule has 0 aliphatic carbocycles. The van der Waals surface area contributed by atoms with Crippen LogP contribution in [0.1, 0.15) is 39.5 Å². The molecule has 0 aromatic carbocycles. The number of carbonyl (C=O) groups is 1. The SMILES string of the molecule is CCCC1NC(C)C(=O)N1C1CCN(C)CC1. The Morgan fingerprint density at radius 1 is 1.35 bits per heavy atom. The number of amides is 1. The number of likely N-dealkylation sites (tertiary alicyclic amines) is 1. The Labute approximate surface area is 104 Å². The molecule has 2 unspecified atom stereocenters. The van der Waals surface area contributed by atoms with Crippen LogP contribution in [0.25, 0.3) is 0 Å². The van der Waals surface area contributed by atoms with Crippen molar-refractivity contribution in [3.05, 3.63) is 0 Å². The monoisotopic (exact) mass is 239 g/mol. The molecule has 2 heterocycles. The van der Waals surface area contributed by atoms with Gasteiger partial charge in [0.05, 0.1) is 12.2 Å². The Morgan fingerprint density at radius 3 is 2.59 bits per heavy atom. The molecule has 2 fully saturated rings. The average Bonchev–Trinajstić information content (AvgIpc) is 2.57. The van der Waals surface area contributed by atoms with Gasteiger partial charge in [0, 0.05) is 6.04 Å². The van der Waals surface area contributed by atoms with Crippen LogP contribution in [-0.4, -0.2) is 54.1 Å². The van der Waals surface area contributed by atoms with Gasteiger partial charge in [0.1, 0.15) is 0 Å². The van der Waals surface area contributed by atoms with Crippen molar-refractivity contribution in [3.8, 4) is 0 Å². The first-order valence-corrected chi connectivity index (χ1v) is 6.90. The highest BCUT2D eigenvalue weighted by atomic mass is 16.2. The number of nitrogens with zero attached hydrogens (tertiary/aromatic N) is 2. The van der Waals surface area contributed by atoms with E-state index in [1.54, 1.807) is 0 Å².